The number of hydrogen-bond donors (Lipinski definition) is 4. The lowest BCUT2D eigenvalue weighted by Gasteiger charge is -2.15. The fraction of sp³-hybridized carbons (Fsp3) is 0.333. The Balaban J connectivity index is 1.54. The summed E-state index contributed by atoms with van der Waals surface area (Å²) in [7, 11) is 0. The van der Waals surface area contributed by atoms with E-state index in [1.807, 2.05) is 31.3 Å². The Hall–Kier alpha value is -2.69. The Morgan fingerprint density at radius 2 is 2.06 bits per heavy atom. The molecule has 0 aliphatic heterocycles. The smallest absolute Gasteiger partial charge is 0.191 e. The van der Waals surface area contributed by atoms with Crippen molar-refractivity contribution in [2.45, 2.75) is 36.7 Å². The van der Waals surface area contributed by atoms with Crippen LogP contribution < -0.4 is 10.6 Å². The maximum Gasteiger partial charge on any atom is 0.191 e. The van der Waals surface area contributed by atoms with E-state index in [1.54, 1.807) is 18.1 Å². The minimum absolute atomic E-state index is 0.0442. The first kappa shape index (κ1) is 21.5. The first-order valence-corrected chi connectivity index (χ1v) is 12.0. The van der Waals surface area contributed by atoms with E-state index in [9.17, 15) is 5.11 Å². The van der Waals surface area contributed by atoms with Gasteiger partial charge in [-0.05, 0) is 12.0 Å². The summed E-state index contributed by atoms with van der Waals surface area (Å²) in [6.07, 6.45) is 5.12. The lowest BCUT2D eigenvalue weighted by molar-refractivity contribution is 0.271. The van der Waals surface area contributed by atoms with E-state index in [1.165, 1.54) is 16.9 Å². The molecule has 0 aliphatic carbocycles. The Labute approximate surface area is 189 Å². The fourth-order valence-electron chi connectivity index (χ4n) is 2.96. The molecule has 4 aromatic rings. The largest absolute Gasteiger partial charge is 0.394 e. The predicted molar refractivity (Wildman–Crippen MR) is 127 cm³/mol. The minimum Gasteiger partial charge on any atom is -0.394 e. The van der Waals surface area contributed by atoms with Crippen molar-refractivity contribution in [2.75, 3.05) is 23.8 Å². The number of nitrogens with zero attached hydrogens (tertiary/aromatic N) is 4. The van der Waals surface area contributed by atoms with Crippen LogP contribution in [-0.2, 0) is 12.2 Å². The summed E-state index contributed by atoms with van der Waals surface area (Å²) >= 11 is 3.10. The van der Waals surface area contributed by atoms with Gasteiger partial charge >= 0.3 is 0 Å². The molecule has 4 N–H and O–H groups in total. The van der Waals surface area contributed by atoms with E-state index in [0.29, 0.717) is 10.8 Å². The molecule has 1 atom stereocenters. The quantitative estimate of drug-likeness (QED) is 0.199. The minimum atomic E-state index is -0.0658. The first-order valence-electron chi connectivity index (χ1n) is 10.2. The first-order chi connectivity index (χ1) is 15.2. The second-order valence-corrected chi connectivity index (χ2v) is 8.93. The van der Waals surface area contributed by atoms with Gasteiger partial charge < -0.3 is 20.7 Å². The van der Waals surface area contributed by atoms with Crippen molar-refractivity contribution in [3.05, 3.63) is 54.1 Å². The van der Waals surface area contributed by atoms with Crippen LogP contribution in [-0.4, -0.2) is 49.2 Å². The van der Waals surface area contributed by atoms with Crippen molar-refractivity contribution in [1.29, 1.82) is 0 Å². The molecule has 162 valence electrons. The van der Waals surface area contributed by atoms with E-state index in [0.717, 1.165) is 46.5 Å². The predicted octanol–water partition coefficient (Wildman–Crippen LogP) is 3.94. The van der Waals surface area contributed by atoms with E-state index in [-0.39, 0.29) is 12.6 Å². The van der Waals surface area contributed by atoms with Gasteiger partial charge in [-0.2, -0.15) is 4.98 Å². The van der Waals surface area contributed by atoms with Gasteiger partial charge in [0, 0.05) is 30.6 Å². The highest BCUT2D eigenvalue weighted by Crippen LogP contribution is 2.33. The summed E-state index contributed by atoms with van der Waals surface area (Å²) in [4.78, 5) is 21.3. The van der Waals surface area contributed by atoms with Crippen LogP contribution in [0.2, 0.25) is 0 Å². The number of fused-ring (bicyclic) bond motifs is 1. The maximum atomic E-state index is 9.65. The molecule has 0 bridgehead atoms. The summed E-state index contributed by atoms with van der Waals surface area (Å²) in [6.45, 7) is 2.82. The molecular formula is C21H25N7OS2. The highest BCUT2D eigenvalue weighted by molar-refractivity contribution is 7.98. The van der Waals surface area contributed by atoms with Crippen LogP contribution >= 0.6 is 23.1 Å². The van der Waals surface area contributed by atoms with Crippen LogP contribution in [0.4, 0.5) is 10.9 Å². The van der Waals surface area contributed by atoms with Gasteiger partial charge in [-0.25, -0.2) is 15.0 Å². The number of aliphatic hydroxyl groups is 1. The molecule has 1 unspecified atom stereocenters. The average molecular weight is 456 g/mol. The number of aromatic nitrogens is 5. The standard InChI is InChI=1S/C21H25N7OS2/c1-2-15(11-29)25-18-17-19(26-20(31-17)23-9-8-16-10-22-13-24-16)28-21(27-18)30-12-14-6-4-3-5-7-14/h3-7,10,13,15,29H,2,8-9,11-12H2,1H3,(H,22,24)(H2,23,25,26,27,28). The highest BCUT2D eigenvalue weighted by atomic mass is 32.2. The Morgan fingerprint density at radius 3 is 2.81 bits per heavy atom. The number of nitrogens with one attached hydrogen (secondary N) is 3. The summed E-state index contributed by atoms with van der Waals surface area (Å²) < 4.78 is 0.889. The van der Waals surface area contributed by atoms with Gasteiger partial charge in [0.05, 0.1) is 19.0 Å². The van der Waals surface area contributed by atoms with E-state index < -0.39 is 0 Å². The summed E-state index contributed by atoms with van der Waals surface area (Å²) in [6, 6.07) is 10.2. The number of rotatable bonds is 11. The van der Waals surface area contributed by atoms with Gasteiger partial charge in [0.2, 0.25) is 0 Å². The third-order valence-corrected chi connectivity index (χ3v) is 6.65. The van der Waals surface area contributed by atoms with Gasteiger partial charge in [-0.15, -0.1) is 0 Å². The third-order valence-electron chi connectivity index (χ3n) is 4.72. The van der Waals surface area contributed by atoms with E-state index >= 15 is 0 Å². The average Bonchev–Trinajstić information content (AvgIpc) is 3.46. The van der Waals surface area contributed by atoms with Crippen LogP contribution in [0, 0.1) is 0 Å². The molecule has 0 fully saturated rings. The SMILES string of the molecule is CCC(CO)Nc1nc(SCc2ccccc2)nc2nc(NCCc3cnc[nH]3)sc12. The zero-order valence-electron chi connectivity index (χ0n) is 17.2. The lowest BCUT2D eigenvalue weighted by Crippen LogP contribution is -2.23. The van der Waals surface area contributed by atoms with Crippen molar-refractivity contribution in [3.8, 4) is 0 Å². The van der Waals surface area contributed by atoms with Crippen molar-refractivity contribution in [2.24, 2.45) is 0 Å². The number of thioether (sulfide) groups is 1. The van der Waals surface area contributed by atoms with Crippen LogP contribution in [0.15, 0.2) is 48.0 Å². The number of imidazole rings is 1. The number of thiazole rings is 1. The van der Waals surface area contributed by atoms with E-state index in [4.69, 9.17) is 4.98 Å². The molecule has 10 heteroatoms. The maximum absolute atomic E-state index is 9.65. The second-order valence-electron chi connectivity index (χ2n) is 6.99. The lowest BCUT2D eigenvalue weighted by atomic mass is 10.2. The summed E-state index contributed by atoms with van der Waals surface area (Å²) in [5.74, 6) is 1.50. The van der Waals surface area contributed by atoms with Crippen molar-refractivity contribution < 1.29 is 5.11 Å². The monoisotopic (exact) mass is 455 g/mol. The third kappa shape index (κ3) is 5.72. The molecule has 3 aromatic heterocycles. The zero-order valence-corrected chi connectivity index (χ0v) is 18.8. The Kier molecular flexibility index (Phi) is 7.34. The van der Waals surface area contributed by atoms with Crippen molar-refractivity contribution >= 4 is 44.4 Å². The molecule has 0 radical (unpaired) electrons. The van der Waals surface area contributed by atoms with Crippen molar-refractivity contribution in [3.63, 3.8) is 0 Å². The fourth-order valence-corrected chi connectivity index (χ4v) is 4.64. The Morgan fingerprint density at radius 1 is 1.19 bits per heavy atom. The summed E-state index contributed by atoms with van der Waals surface area (Å²) in [5, 5.41) is 17.8. The summed E-state index contributed by atoms with van der Waals surface area (Å²) in [5.41, 5.74) is 2.95. The van der Waals surface area contributed by atoms with Crippen LogP contribution in [0.5, 0.6) is 0 Å². The van der Waals surface area contributed by atoms with Crippen LogP contribution in [0.1, 0.15) is 24.6 Å². The van der Waals surface area contributed by atoms with Gasteiger partial charge in [0.25, 0.3) is 0 Å². The topological polar surface area (TPSA) is 112 Å². The van der Waals surface area contributed by atoms with Gasteiger partial charge in [0.15, 0.2) is 21.8 Å². The molecule has 4 rings (SSSR count). The van der Waals surface area contributed by atoms with Crippen LogP contribution in [0.3, 0.4) is 0 Å². The molecule has 31 heavy (non-hydrogen) atoms. The normalized spacial score (nSPS) is 12.2. The molecule has 8 nitrogen and oxygen atoms in total. The molecule has 0 aliphatic rings. The number of hydrogen-bond acceptors (Lipinski definition) is 9. The molecule has 0 saturated heterocycles. The molecule has 0 amide bonds. The molecule has 1 aromatic carbocycles. The van der Waals surface area contributed by atoms with Gasteiger partial charge in [0.1, 0.15) is 4.70 Å². The number of aromatic amines is 1. The number of H-pyrrole nitrogens is 1. The second kappa shape index (κ2) is 10.6. The van der Waals surface area contributed by atoms with Gasteiger partial charge in [-0.3, -0.25) is 0 Å². The Bertz CT molecular complexity index is 1080. The highest BCUT2D eigenvalue weighted by Gasteiger charge is 2.16. The number of aliphatic hydroxyl groups excluding tert-OH is 1. The van der Waals surface area contributed by atoms with Crippen LogP contribution in [0.25, 0.3) is 10.3 Å². The molecule has 3 heterocycles. The molecular weight excluding hydrogens is 430 g/mol. The molecule has 0 spiro atoms. The number of anilines is 2. The van der Waals surface area contributed by atoms with E-state index in [2.05, 4.69) is 42.7 Å². The molecule has 0 saturated carbocycles. The van der Waals surface area contributed by atoms with Gasteiger partial charge in [-0.1, -0.05) is 60.4 Å². The number of benzene rings is 1. The zero-order chi connectivity index (χ0) is 21.5. The van der Waals surface area contributed by atoms with Crippen molar-refractivity contribution in [1.82, 2.24) is 24.9 Å².